The number of nitrogens with two attached hydrogens (primary N) is 2. The minimum Gasteiger partial charge on any atom is -0.444 e. The number of rotatable bonds is 3. The van der Waals surface area contributed by atoms with E-state index in [0.717, 1.165) is 56.1 Å². The van der Waals surface area contributed by atoms with Gasteiger partial charge in [0.1, 0.15) is 22.1 Å². The molecule has 42 heavy (non-hydrogen) atoms. The lowest BCUT2D eigenvalue weighted by molar-refractivity contribution is 0.0199. The summed E-state index contributed by atoms with van der Waals surface area (Å²) in [5.74, 6) is 7.71. The number of carbonyl (C=O) groups excluding carboxylic acids is 1. The summed E-state index contributed by atoms with van der Waals surface area (Å²) in [7, 11) is 0. The Balaban J connectivity index is 1.19. The summed E-state index contributed by atoms with van der Waals surface area (Å²) in [6.07, 6.45) is 6.72. The Morgan fingerprint density at radius 3 is 2.55 bits per heavy atom. The molecule has 5 rings (SSSR count). The molecule has 3 aliphatic rings. The molecule has 3 saturated heterocycles. The fourth-order valence-corrected chi connectivity index (χ4v) is 6.72. The molecule has 5 heterocycles. The molecule has 0 bridgehead atoms. The first-order chi connectivity index (χ1) is 19.9. The van der Waals surface area contributed by atoms with E-state index >= 15 is 0 Å². The molecule has 2 aromatic heterocycles. The summed E-state index contributed by atoms with van der Waals surface area (Å²) in [5, 5.41) is 1.03. The number of amides is 1. The van der Waals surface area contributed by atoms with Gasteiger partial charge in [-0.2, -0.15) is 0 Å². The third-order valence-corrected chi connectivity index (χ3v) is 9.85. The smallest absolute Gasteiger partial charge is 0.410 e. The predicted octanol–water partition coefficient (Wildman–Crippen LogP) is 4.59. The second kappa shape index (κ2) is 12.4. The highest BCUT2D eigenvalue weighted by Gasteiger charge is 2.47. The van der Waals surface area contributed by atoms with Gasteiger partial charge in [-0.25, -0.2) is 19.7 Å². The number of anilines is 2. The van der Waals surface area contributed by atoms with E-state index in [-0.39, 0.29) is 29.6 Å². The Bertz CT molecular complexity index is 1360. The van der Waals surface area contributed by atoms with Crippen LogP contribution in [0.4, 0.5) is 16.4 Å². The van der Waals surface area contributed by atoms with Crippen LogP contribution in [0.1, 0.15) is 59.1 Å². The van der Waals surface area contributed by atoms with Crippen LogP contribution >= 0.6 is 23.4 Å². The third-order valence-electron chi connectivity index (χ3n) is 8.28. The third kappa shape index (κ3) is 6.88. The highest BCUT2D eigenvalue weighted by Crippen LogP contribution is 2.42. The van der Waals surface area contributed by atoms with Gasteiger partial charge in [0, 0.05) is 54.6 Å². The van der Waals surface area contributed by atoms with Crippen LogP contribution in [0.15, 0.2) is 28.4 Å². The van der Waals surface area contributed by atoms with Crippen LogP contribution in [0.2, 0.25) is 5.02 Å². The van der Waals surface area contributed by atoms with Gasteiger partial charge in [-0.3, -0.25) is 0 Å². The van der Waals surface area contributed by atoms with Gasteiger partial charge in [0.2, 0.25) is 0 Å². The molecule has 3 fully saturated rings. The lowest BCUT2D eigenvalue weighted by Crippen LogP contribution is -2.50. The zero-order valence-electron chi connectivity index (χ0n) is 24.7. The Kier molecular flexibility index (Phi) is 9.09. The summed E-state index contributed by atoms with van der Waals surface area (Å²) in [5.41, 5.74) is 12.9. The predicted molar refractivity (Wildman–Crippen MR) is 164 cm³/mol. The van der Waals surface area contributed by atoms with Gasteiger partial charge in [-0.15, -0.1) is 0 Å². The van der Waals surface area contributed by atoms with Crippen LogP contribution < -0.4 is 16.4 Å². The number of piperidine rings is 2. The van der Waals surface area contributed by atoms with Crippen molar-refractivity contribution in [3.05, 3.63) is 29.2 Å². The maximum Gasteiger partial charge on any atom is 0.410 e. The van der Waals surface area contributed by atoms with E-state index < -0.39 is 5.60 Å². The van der Waals surface area contributed by atoms with Crippen LogP contribution in [0.3, 0.4) is 0 Å². The maximum absolute atomic E-state index is 12.3. The molecule has 3 aliphatic heterocycles. The molecule has 2 aromatic rings. The van der Waals surface area contributed by atoms with Crippen molar-refractivity contribution in [3.63, 3.8) is 0 Å². The van der Waals surface area contributed by atoms with Gasteiger partial charge in [-0.1, -0.05) is 29.3 Å². The lowest BCUT2D eigenvalue weighted by Gasteiger charge is -2.41. The molecule has 12 heteroatoms. The van der Waals surface area contributed by atoms with E-state index in [0.29, 0.717) is 34.6 Å². The van der Waals surface area contributed by atoms with Crippen molar-refractivity contribution in [2.75, 3.05) is 43.4 Å². The number of nitrogen functional groups attached to an aromatic ring is 1. The van der Waals surface area contributed by atoms with Crippen LogP contribution in [0.25, 0.3) is 0 Å². The molecule has 226 valence electrons. The summed E-state index contributed by atoms with van der Waals surface area (Å²) in [6.45, 7) is 11.3. The van der Waals surface area contributed by atoms with Crippen LogP contribution in [-0.4, -0.2) is 76.5 Å². The monoisotopic (exact) mass is 613 g/mol. The first-order valence-electron chi connectivity index (χ1n) is 14.5. The highest BCUT2D eigenvalue weighted by atomic mass is 35.5. The number of carbonyl (C=O) groups is 1. The summed E-state index contributed by atoms with van der Waals surface area (Å²) >= 11 is 8.06. The van der Waals surface area contributed by atoms with E-state index in [4.69, 9.17) is 32.5 Å². The Labute approximate surface area is 257 Å². The molecule has 2 atom stereocenters. The standard InChI is InChI=1S/C30H40ClN7O3S/c1-19-25(32)30(18-40-19)10-15-37(16-11-30)23-17-35-27(26(33)36-23)42-22-7-12-34-21(24(22)31)6-5-20-8-13-38(14-9-20)28(39)41-29(2,3)4/h7,12,17,19-20,25H,8-11,13-16,18,32H2,1-4H3,(H2,33,36)/t19-,25+/m0/s1. The van der Waals surface area contributed by atoms with E-state index in [2.05, 4.69) is 38.6 Å². The number of nitrogens with zero attached hydrogens (tertiary/aromatic N) is 5. The average molecular weight is 614 g/mol. The number of hydrogen-bond donors (Lipinski definition) is 2. The van der Waals surface area contributed by atoms with Gasteiger partial charge in [0.15, 0.2) is 5.82 Å². The highest BCUT2D eigenvalue weighted by molar-refractivity contribution is 7.99. The number of likely N-dealkylation sites (tertiary alicyclic amines) is 1. The van der Waals surface area contributed by atoms with Gasteiger partial charge < -0.3 is 30.7 Å². The molecular weight excluding hydrogens is 574 g/mol. The maximum atomic E-state index is 12.3. The van der Waals surface area contributed by atoms with Crippen molar-refractivity contribution >= 4 is 41.1 Å². The van der Waals surface area contributed by atoms with Gasteiger partial charge in [0.05, 0.1) is 23.9 Å². The number of aromatic nitrogens is 3. The number of ether oxygens (including phenoxy) is 2. The average Bonchev–Trinajstić information content (AvgIpc) is 3.22. The molecule has 4 N–H and O–H groups in total. The topological polar surface area (TPSA) is 133 Å². The zero-order chi connectivity index (χ0) is 30.1. The minimum absolute atomic E-state index is 0.0425. The molecule has 0 radical (unpaired) electrons. The van der Waals surface area contributed by atoms with Gasteiger partial charge >= 0.3 is 6.09 Å². The van der Waals surface area contributed by atoms with Crippen molar-refractivity contribution in [2.24, 2.45) is 17.1 Å². The van der Waals surface area contributed by atoms with E-state index in [9.17, 15) is 4.79 Å². The summed E-state index contributed by atoms with van der Waals surface area (Å²) in [6, 6.07) is 1.89. The molecular formula is C30H40ClN7O3S. The van der Waals surface area contributed by atoms with Crippen LogP contribution in [0.5, 0.6) is 0 Å². The quantitative estimate of drug-likeness (QED) is 0.474. The van der Waals surface area contributed by atoms with E-state index in [1.165, 1.54) is 11.8 Å². The Morgan fingerprint density at radius 1 is 1.21 bits per heavy atom. The zero-order valence-corrected chi connectivity index (χ0v) is 26.3. The van der Waals surface area contributed by atoms with Crippen molar-refractivity contribution in [2.45, 2.75) is 81.0 Å². The number of halogens is 1. The van der Waals surface area contributed by atoms with Crippen molar-refractivity contribution < 1.29 is 14.3 Å². The molecule has 0 unspecified atom stereocenters. The van der Waals surface area contributed by atoms with Crippen molar-refractivity contribution in [3.8, 4) is 11.8 Å². The summed E-state index contributed by atoms with van der Waals surface area (Å²) < 4.78 is 11.3. The summed E-state index contributed by atoms with van der Waals surface area (Å²) in [4.78, 5) is 30.7. The normalized spacial score (nSPS) is 22.6. The Morgan fingerprint density at radius 2 is 1.93 bits per heavy atom. The second-order valence-electron chi connectivity index (χ2n) is 12.4. The molecule has 0 aliphatic carbocycles. The van der Waals surface area contributed by atoms with E-state index in [1.54, 1.807) is 17.3 Å². The Hall–Kier alpha value is -2.78. The second-order valence-corrected chi connectivity index (χ2v) is 13.8. The first kappa shape index (κ1) is 30.7. The van der Waals surface area contributed by atoms with Crippen molar-refractivity contribution in [1.29, 1.82) is 0 Å². The molecule has 0 aromatic carbocycles. The van der Waals surface area contributed by atoms with Crippen molar-refractivity contribution in [1.82, 2.24) is 19.9 Å². The number of pyridine rings is 1. The molecule has 0 saturated carbocycles. The fourth-order valence-electron chi connectivity index (χ4n) is 5.67. The number of hydrogen-bond acceptors (Lipinski definition) is 10. The lowest BCUT2D eigenvalue weighted by atomic mass is 9.73. The van der Waals surface area contributed by atoms with Crippen LogP contribution in [0, 0.1) is 23.2 Å². The molecule has 1 amide bonds. The van der Waals surface area contributed by atoms with Gasteiger partial charge in [0.25, 0.3) is 0 Å². The van der Waals surface area contributed by atoms with Gasteiger partial charge in [-0.05, 0) is 65.4 Å². The SMILES string of the molecule is C[C@@H]1OCC2(CCN(c3cnc(Sc4ccnc(C#CC5CCN(C(=O)OC(C)(C)C)CC5)c4Cl)c(N)n3)CC2)[C@@H]1N. The minimum atomic E-state index is -0.506. The molecule has 10 nitrogen and oxygen atoms in total. The fraction of sp³-hybridized carbons (Fsp3) is 0.600. The van der Waals surface area contributed by atoms with E-state index in [1.807, 2.05) is 26.8 Å². The first-order valence-corrected chi connectivity index (χ1v) is 15.7. The molecule has 1 spiro atoms. The van der Waals surface area contributed by atoms with Crippen LogP contribution in [-0.2, 0) is 9.47 Å². The largest absolute Gasteiger partial charge is 0.444 e.